The molecular formula is C19H32F3IN4O2. The second-order valence-electron chi connectivity index (χ2n) is 6.64. The summed E-state index contributed by atoms with van der Waals surface area (Å²) in [4.78, 5) is 8.28. The number of aliphatic hydroxyl groups is 1. The first-order valence-corrected chi connectivity index (χ1v) is 9.55. The van der Waals surface area contributed by atoms with Crippen LogP contribution in [0.15, 0.2) is 23.3 Å². The van der Waals surface area contributed by atoms with Crippen LogP contribution in [0.3, 0.4) is 0 Å². The monoisotopic (exact) mass is 532 g/mol. The lowest BCUT2D eigenvalue weighted by Gasteiger charge is -2.32. The number of alkyl halides is 3. The summed E-state index contributed by atoms with van der Waals surface area (Å²) in [5.74, 6) is 0.531. The quantitative estimate of drug-likeness (QED) is 0.229. The maximum absolute atomic E-state index is 12.3. The Morgan fingerprint density at radius 2 is 1.90 bits per heavy atom. The van der Waals surface area contributed by atoms with Gasteiger partial charge in [0.2, 0.25) is 5.88 Å². The number of ether oxygens (including phenoxy) is 1. The van der Waals surface area contributed by atoms with Crippen molar-refractivity contribution in [1.82, 2.24) is 15.6 Å². The van der Waals surface area contributed by atoms with Crippen LogP contribution in [0.1, 0.15) is 45.6 Å². The molecule has 0 fully saturated rings. The number of nitrogens with one attached hydrogen (secondary N) is 2. The molecule has 0 radical (unpaired) electrons. The topological polar surface area (TPSA) is 78.8 Å². The molecule has 1 aromatic heterocycles. The van der Waals surface area contributed by atoms with Gasteiger partial charge >= 0.3 is 6.18 Å². The smallest absolute Gasteiger partial charge is 0.422 e. The van der Waals surface area contributed by atoms with Gasteiger partial charge in [-0.2, -0.15) is 13.2 Å². The molecule has 168 valence electrons. The minimum atomic E-state index is -4.41. The Balaban J connectivity index is 0.00000784. The molecule has 0 spiro atoms. The lowest BCUT2D eigenvalue weighted by Crippen LogP contribution is -2.43. The molecule has 0 saturated carbocycles. The number of nitrogens with zero attached hydrogens (tertiary/aromatic N) is 2. The third-order valence-electron chi connectivity index (χ3n) is 4.72. The molecule has 3 N–H and O–H groups in total. The van der Waals surface area contributed by atoms with E-state index in [2.05, 4.69) is 39.2 Å². The molecule has 0 aromatic carbocycles. The van der Waals surface area contributed by atoms with Gasteiger partial charge in [-0.05, 0) is 43.2 Å². The summed E-state index contributed by atoms with van der Waals surface area (Å²) < 4.78 is 41.5. The van der Waals surface area contributed by atoms with Crippen LogP contribution in [-0.2, 0) is 6.54 Å². The summed E-state index contributed by atoms with van der Waals surface area (Å²) in [5, 5.41) is 15.8. The SMILES string of the molecule is CCNC(=NCc1ccnc(OCC(F)(F)F)c1)NCC(CC)(CC)CCO.I. The van der Waals surface area contributed by atoms with Gasteiger partial charge in [0.25, 0.3) is 0 Å². The van der Waals surface area contributed by atoms with Gasteiger partial charge in [-0.25, -0.2) is 9.98 Å². The number of aliphatic hydroxyl groups excluding tert-OH is 1. The highest BCUT2D eigenvalue weighted by Crippen LogP contribution is 2.29. The minimum absolute atomic E-state index is 0. The summed E-state index contributed by atoms with van der Waals surface area (Å²) in [6.07, 6.45) is -0.437. The van der Waals surface area contributed by atoms with Gasteiger partial charge in [-0.15, -0.1) is 24.0 Å². The van der Waals surface area contributed by atoms with Gasteiger partial charge in [-0.3, -0.25) is 0 Å². The zero-order valence-electron chi connectivity index (χ0n) is 17.2. The molecule has 10 heteroatoms. The summed E-state index contributed by atoms with van der Waals surface area (Å²) in [6.45, 7) is 6.52. The van der Waals surface area contributed by atoms with Gasteiger partial charge in [0, 0.05) is 32.0 Å². The Hall–Kier alpha value is -1.30. The predicted molar refractivity (Wildman–Crippen MR) is 119 cm³/mol. The molecule has 0 aliphatic carbocycles. The van der Waals surface area contributed by atoms with Crippen molar-refractivity contribution in [3.8, 4) is 5.88 Å². The largest absolute Gasteiger partial charge is 0.468 e. The molecule has 0 bridgehead atoms. The summed E-state index contributed by atoms with van der Waals surface area (Å²) in [6, 6.07) is 3.13. The Morgan fingerprint density at radius 1 is 1.21 bits per heavy atom. The molecule has 6 nitrogen and oxygen atoms in total. The van der Waals surface area contributed by atoms with Gasteiger partial charge in [0.05, 0.1) is 6.54 Å². The fourth-order valence-corrected chi connectivity index (χ4v) is 2.75. The average Bonchev–Trinajstić information content (AvgIpc) is 2.67. The lowest BCUT2D eigenvalue weighted by molar-refractivity contribution is -0.154. The van der Waals surface area contributed by atoms with Crippen LogP contribution in [0.5, 0.6) is 5.88 Å². The summed E-state index contributed by atoms with van der Waals surface area (Å²) in [5.41, 5.74) is 0.678. The molecule has 0 aliphatic rings. The molecule has 0 saturated heterocycles. The number of guanidine groups is 1. The number of aliphatic imine (C=N–C) groups is 1. The van der Waals surface area contributed by atoms with Crippen LogP contribution >= 0.6 is 24.0 Å². The molecule has 0 atom stereocenters. The predicted octanol–water partition coefficient (Wildman–Crippen LogP) is 3.88. The van der Waals surface area contributed by atoms with Crippen molar-refractivity contribution >= 4 is 29.9 Å². The molecular weight excluding hydrogens is 500 g/mol. The zero-order chi connectivity index (χ0) is 21.0. The summed E-state index contributed by atoms with van der Waals surface area (Å²) >= 11 is 0. The first-order chi connectivity index (χ1) is 13.3. The Labute approximate surface area is 187 Å². The van der Waals surface area contributed by atoms with E-state index < -0.39 is 12.8 Å². The number of pyridine rings is 1. The van der Waals surface area contributed by atoms with Gasteiger partial charge in [0.15, 0.2) is 12.6 Å². The van der Waals surface area contributed by atoms with Crippen molar-refractivity contribution < 1.29 is 23.0 Å². The van der Waals surface area contributed by atoms with E-state index in [-0.39, 0.29) is 48.4 Å². The fraction of sp³-hybridized carbons (Fsp3) is 0.684. The summed E-state index contributed by atoms with van der Waals surface area (Å²) in [7, 11) is 0. The van der Waals surface area contributed by atoms with Crippen molar-refractivity contribution in [2.24, 2.45) is 10.4 Å². The second kappa shape index (κ2) is 13.8. The van der Waals surface area contributed by atoms with E-state index in [9.17, 15) is 18.3 Å². The molecule has 1 rings (SSSR count). The van der Waals surface area contributed by atoms with E-state index in [4.69, 9.17) is 0 Å². The first kappa shape index (κ1) is 27.7. The van der Waals surface area contributed by atoms with Crippen LogP contribution in [0.2, 0.25) is 0 Å². The Morgan fingerprint density at radius 3 is 2.45 bits per heavy atom. The van der Waals surface area contributed by atoms with E-state index in [1.54, 1.807) is 6.07 Å². The molecule has 0 amide bonds. The van der Waals surface area contributed by atoms with E-state index >= 15 is 0 Å². The van der Waals surface area contributed by atoms with Gasteiger partial charge < -0.3 is 20.5 Å². The average molecular weight is 532 g/mol. The number of hydrogen-bond donors (Lipinski definition) is 3. The third kappa shape index (κ3) is 10.9. The van der Waals surface area contributed by atoms with E-state index in [1.807, 2.05) is 6.92 Å². The van der Waals surface area contributed by atoms with E-state index in [0.29, 0.717) is 31.0 Å². The Kier molecular flexibility index (Phi) is 13.2. The standard InChI is InChI=1S/C19H31F3N4O2.HI/c1-4-18(5-2,8-10-27)13-26-17(23-6-3)25-12-15-7-9-24-16(11-15)28-14-19(20,21)22;/h7,9,11,27H,4-6,8,10,12-14H2,1-3H3,(H2,23,25,26);1H. The van der Waals surface area contributed by atoms with E-state index in [0.717, 1.165) is 12.8 Å². The van der Waals surface area contributed by atoms with Crippen LogP contribution in [-0.4, -0.2) is 48.5 Å². The Bertz CT molecular complexity index is 611. The third-order valence-corrected chi connectivity index (χ3v) is 4.72. The van der Waals surface area contributed by atoms with Crippen molar-refractivity contribution in [3.63, 3.8) is 0 Å². The van der Waals surface area contributed by atoms with Crippen molar-refractivity contribution in [2.45, 2.75) is 52.8 Å². The minimum Gasteiger partial charge on any atom is -0.468 e. The molecule has 0 unspecified atom stereocenters. The number of halogens is 4. The number of hydrogen-bond acceptors (Lipinski definition) is 4. The van der Waals surface area contributed by atoms with E-state index in [1.165, 1.54) is 12.3 Å². The van der Waals surface area contributed by atoms with Crippen molar-refractivity contribution in [2.75, 3.05) is 26.3 Å². The number of rotatable bonds is 11. The first-order valence-electron chi connectivity index (χ1n) is 9.55. The highest BCUT2D eigenvalue weighted by Gasteiger charge is 2.28. The molecule has 0 aliphatic heterocycles. The highest BCUT2D eigenvalue weighted by atomic mass is 127. The van der Waals surface area contributed by atoms with Crippen LogP contribution < -0.4 is 15.4 Å². The van der Waals surface area contributed by atoms with Gasteiger partial charge in [0.1, 0.15) is 0 Å². The van der Waals surface area contributed by atoms with Crippen LogP contribution in [0.25, 0.3) is 0 Å². The molecule has 1 aromatic rings. The lowest BCUT2D eigenvalue weighted by atomic mass is 9.79. The number of aromatic nitrogens is 1. The maximum atomic E-state index is 12.3. The normalized spacial score (nSPS) is 12.3. The van der Waals surface area contributed by atoms with Crippen LogP contribution in [0, 0.1) is 5.41 Å². The fourth-order valence-electron chi connectivity index (χ4n) is 2.75. The van der Waals surface area contributed by atoms with Crippen molar-refractivity contribution in [3.05, 3.63) is 23.9 Å². The van der Waals surface area contributed by atoms with Crippen LogP contribution in [0.4, 0.5) is 13.2 Å². The molecule has 29 heavy (non-hydrogen) atoms. The molecule has 1 heterocycles. The van der Waals surface area contributed by atoms with Crippen molar-refractivity contribution in [1.29, 1.82) is 0 Å². The zero-order valence-corrected chi connectivity index (χ0v) is 19.5. The maximum Gasteiger partial charge on any atom is 0.422 e. The second-order valence-corrected chi connectivity index (χ2v) is 6.64. The highest BCUT2D eigenvalue weighted by molar-refractivity contribution is 14.0. The van der Waals surface area contributed by atoms with Gasteiger partial charge in [-0.1, -0.05) is 13.8 Å².